The monoisotopic (exact) mass is 362 g/mol. The van der Waals surface area contributed by atoms with Gasteiger partial charge in [-0.1, -0.05) is 30.3 Å². The molecule has 5 heteroatoms. The van der Waals surface area contributed by atoms with Crippen LogP contribution in [0.25, 0.3) is 27.8 Å². The number of hydrogen-bond donors (Lipinski definition) is 1. The molecule has 0 aliphatic rings. The average Bonchev–Trinajstić information content (AvgIpc) is 3.11. The topological polar surface area (TPSA) is 47.3 Å². The molecular weight excluding hydrogens is 343 g/mol. The molecule has 0 amide bonds. The van der Waals surface area contributed by atoms with Gasteiger partial charge in [0.1, 0.15) is 6.33 Å². The van der Waals surface area contributed by atoms with E-state index in [1.807, 2.05) is 53.1 Å². The normalized spacial score (nSPS) is 12.3. The zero-order chi connectivity index (χ0) is 19.0. The first kappa shape index (κ1) is 17.2. The highest BCUT2D eigenvalue weighted by atomic mass is 19.1. The third-order valence-electron chi connectivity index (χ3n) is 4.66. The molecule has 0 aliphatic heterocycles. The molecule has 136 valence electrons. The zero-order valence-corrected chi connectivity index (χ0v) is 15.1. The van der Waals surface area contributed by atoms with Crippen molar-refractivity contribution in [1.29, 1.82) is 0 Å². The predicted molar refractivity (Wildman–Crippen MR) is 104 cm³/mol. The van der Waals surface area contributed by atoms with Gasteiger partial charge in [-0.05, 0) is 48.4 Å². The Morgan fingerprint density at radius 3 is 2.67 bits per heavy atom. The summed E-state index contributed by atoms with van der Waals surface area (Å²) in [7, 11) is 1.47. The highest BCUT2D eigenvalue weighted by Crippen LogP contribution is 2.33. The standard InChI is InChI=1S/C22H19FN2O2/c1-14(26)15-9-10-21-20(12-15)24-13-25(21)17-6-3-5-16(11-17)18-7-4-8-19(23)22(18)27-2/h3-14,26H,1-2H3/t14-/m1/s1. The van der Waals surface area contributed by atoms with Crippen molar-refractivity contribution in [2.45, 2.75) is 13.0 Å². The van der Waals surface area contributed by atoms with E-state index in [9.17, 15) is 9.50 Å². The van der Waals surface area contributed by atoms with Crippen LogP contribution in [0, 0.1) is 5.82 Å². The molecule has 0 radical (unpaired) electrons. The molecule has 1 heterocycles. The van der Waals surface area contributed by atoms with Gasteiger partial charge in [0.25, 0.3) is 0 Å². The maximum Gasteiger partial charge on any atom is 0.165 e. The number of methoxy groups -OCH3 is 1. The number of benzene rings is 3. The summed E-state index contributed by atoms with van der Waals surface area (Å²) in [6, 6.07) is 18.4. The summed E-state index contributed by atoms with van der Waals surface area (Å²) in [5.41, 5.74) is 5.02. The van der Waals surface area contributed by atoms with E-state index < -0.39 is 6.10 Å². The molecular formula is C22H19FN2O2. The lowest BCUT2D eigenvalue weighted by Crippen LogP contribution is -1.95. The van der Waals surface area contributed by atoms with E-state index in [1.165, 1.54) is 13.2 Å². The Labute approximate surface area is 156 Å². The maximum atomic E-state index is 14.1. The number of fused-ring (bicyclic) bond motifs is 1. The van der Waals surface area contributed by atoms with Gasteiger partial charge in [-0.25, -0.2) is 9.37 Å². The summed E-state index contributed by atoms with van der Waals surface area (Å²) in [6.45, 7) is 1.73. The van der Waals surface area contributed by atoms with Crippen LogP contribution in [0.1, 0.15) is 18.6 Å². The van der Waals surface area contributed by atoms with Crippen LogP contribution in [-0.2, 0) is 0 Å². The van der Waals surface area contributed by atoms with Crippen LogP contribution >= 0.6 is 0 Å². The van der Waals surface area contributed by atoms with Crippen LogP contribution in [0.4, 0.5) is 4.39 Å². The lowest BCUT2D eigenvalue weighted by atomic mass is 10.0. The molecule has 0 unspecified atom stereocenters. The first-order valence-corrected chi connectivity index (χ1v) is 8.67. The van der Waals surface area contributed by atoms with Crippen molar-refractivity contribution >= 4 is 11.0 Å². The number of hydrogen-bond acceptors (Lipinski definition) is 3. The number of imidazole rings is 1. The Kier molecular flexibility index (Phi) is 4.38. The van der Waals surface area contributed by atoms with Gasteiger partial charge >= 0.3 is 0 Å². The van der Waals surface area contributed by atoms with E-state index in [0.29, 0.717) is 5.56 Å². The lowest BCUT2D eigenvalue weighted by molar-refractivity contribution is 0.199. The Bertz CT molecular complexity index is 1120. The minimum Gasteiger partial charge on any atom is -0.493 e. The number of nitrogens with zero attached hydrogens (tertiary/aromatic N) is 2. The zero-order valence-electron chi connectivity index (χ0n) is 15.1. The fourth-order valence-corrected chi connectivity index (χ4v) is 3.26. The van der Waals surface area contributed by atoms with Crippen molar-refractivity contribution in [2.24, 2.45) is 0 Å². The second kappa shape index (κ2) is 6.85. The molecule has 4 aromatic rings. The number of halogens is 1. The third-order valence-corrected chi connectivity index (χ3v) is 4.66. The summed E-state index contributed by atoms with van der Waals surface area (Å²) in [5.74, 6) is -0.161. The van der Waals surface area contributed by atoms with Gasteiger partial charge < -0.3 is 9.84 Å². The van der Waals surface area contributed by atoms with Crippen LogP contribution in [0.2, 0.25) is 0 Å². The fourth-order valence-electron chi connectivity index (χ4n) is 3.26. The van der Waals surface area contributed by atoms with Gasteiger partial charge in [-0.3, -0.25) is 4.57 Å². The van der Waals surface area contributed by atoms with Crippen LogP contribution in [-0.4, -0.2) is 21.8 Å². The summed E-state index contributed by atoms with van der Waals surface area (Å²) in [6.07, 6.45) is 1.21. The van der Waals surface area contributed by atoms with Crippen molar-refractivity contribution in [3.8, 4) is 22.6 Å². The van der Waals surface area contributed by atoms with Gasteiger partial charge in [0.15, 0.2) is 11.6 Å². The van der Waals surface area contributed by atoms with Crippen molar-refractivity contribution in [1.82, 2.24) is 9.55 Å². The van der Waals surface area contributed by atoms with E-state index in [4.69, 9.17) is 4.74 Å². The maximum absolute atomic E-state index is 14.1. The van der Waals surface area contributed by atoms with Gasteiger partial charge in [0.05, 0.1) is 24.2 Å². The summed E-state index contributed by atoms with van der Waals surface area (Å²) < 4.78 is 21.3. The molecule has 0 spiro atoms. The quantitative estimate of drug-likeness (QED) is 0.562. The Balaban J connectivity index is 1.82. The van der Waals surface area contributed by atoms with Crippen LogP contribution in [0.3, 0.4) is 0 Å². The second-order valence-electron chi connectivity index (χ2n) is 6.41. The molecule has 1 aromatic heterocycles. The molecule has 4 rings (SSSR count). The molecule has 1 atom stereocenters. The summed E-state index contributed by atoms with van der Waals surface area (Å²) in [4.78, 5) is 4.46. The largest absolute Gasteiger partial charge is 0.493 e. The second-order valence-corrected chi connectivity index (χ2v) is 6.41. The van der Waals surface area contributed by atoms with Gasteiger partial charge in [-0.15, -0.1) is 0 Å². The first-order chi connectivity index (χ1) is 13.1. The van der Waals surface area contributed by atoms with Gasteiger partial charge in [0.2, 0.25) is 0 Å². The number of para-hydroxylation sites is 1. The van der Waals surface area contributed by atoms with E-state index in [1.54, 1.807) is 19.3 Å². The molecule has 0 bridgehead atoms. The molecule has 27 heavy (non-hydrogen) atoms. The predicted octanol–water partition coefficient (Wildman–Crippen LogP) is 4.89. The smallest absolute Gasteiger partial charge is 0.165 e. The van der Waals surface area contributed by atoms with Crippen molar-refractivity contribution in [3.63, 3.8) is 0 Å². The van der Waals surface area contributed by atoms with Gasteiger partial charge in [0, 0.05) is 11.3 Å². The van der Waals surface area contributed by atoms with Gasteiger partial charge in [-0.2, -0.15) is 0 Å². The van der Waals surface area contributed by atoms with Crippen molar-refractivity contribution in [2.75, 3.05) is 7.11 Å². The van der Waals surface area contributed by atoms with E-state index in [0.717, 1.165) is 27.8 Å². The molecule has 0 aliphatic carbocycles. The summed E-state index contributed by atoms with van der Waals surface area (Å²) >= 11 is 0. The van der Waals surface area contributed by atoms with E-state index in [2.05, 4.69) is 4.98 Å². The number of aromatic nitrogens is 2. The molecule has 3 aromatic carbocycles. The van der Waals surface area contributed by atoms with Crippen molar-refractivity contribution in [3.05, 3.63) is 78.4 Å². The number of aliphatic hydroxyl groups is 1. The van der Waals surface area contributed by atoms with E-state index in [-0.39, 0.29) is 11.6 Å². The first-order valence-electron chi connectivity index (χ1n) is 8.67. The van der Waals surface area contributed by atoms with Crippen LogP contribution in [0.15, 0.2) is 67.0 Å². The SMILES string of the molecule is COc1c(F)cccc1-c1cccc(-n2cnc3cc([C@@H](C)O)ccc32)c1. The molecule has 0 saturated carbocycles. The minimum absolute atomic E-state index is 0.228. The van der Waals surface area contributed by atoms with E-state index >= 15 is 0 Å². The molecule has 1 N–H and O–H groups in total. The molecule has 0 saturated heterocycles. The summed E-state index contributed by atoms with van der Waals surface area (Å²) in [5, 5.41) is 9.76. The number of rotatable bonds is 4. The molecule has 0 fully saturated rings. The third kappa shape index (κ3) is 3.06. The number of aliphatic hydroxyl groups excluding tert-OH is 1. The average molecular weight is 362 g/mol. The Hall–Kier alpha value is -3.18. The Morgan fingerprint density at radius 1 is 1.07 bits per heavy atom. The number of ether oxygens (including phenoxy) is 1. The highest BCUT2D eigenvalue weighted by molar-refractivity contribution is 5.79. The lowest BCUT2D eigenvalue weighted by Gasteiger charge is -2.12. The Morgan fingerprint density at radius 2 is 1.89 bits per heavy atom. The van der Waals surface area contributed by atoms with Crippen LogP contribution < -0.4 is 4.74 Å². The van der Waals surface area contributed by atoms with Crippen molar-refractivity contribution < 1.29 is 14.2 Å². The van der Waals surface area contributed by atoms with Crippen LogP contribution in [0.5, 0.6) is 5.75 Å². The minimum atomic E-state index is -0.539. The highest BCUT2D eigenvalue weighted by Gasteiger charge is 2.13. The molecule has 4 nitrogen and oxygen atoms in total. The fraction of sp³-hybridized carbons (Fsp3) is 0.136.